The van der Waals surface area contributed by atoms with Gasteiger partial charge in [-0.1, -0.05) is 115 Å². The van der Waals surface area contributed by atoms with Crippen LogP contribution < -0.4 is 4.90 Å². The van der Waals surface area contributed by atoms with Crippen molar-refractivity contribution < 1.29 is 8.83 Å². The maximum Gasteiger partial charge on any atom is 0.136 e. The molecule has 0 bridgehead atoms. The van der Waals surface area contributed by atoms with Crippen LogP contribution >= 0.6 is 11.3 Å². The largest absolute Gasteiger partial charge is 0.456 e. The van der Waals surface area contributed by atoms with Crippen LogP contribution in [0.15, 0.2) is 185 Å². The summed E-state index contributed by atoms with van der Waals surface area (Å²) in [6, 6.07) is 62.5. The van der Waals surface area contributed by atoms with Gasteiger partial charge in [0.15, 0.2) is 0 Å². The lowest BCUT2D eigenvalue weighted by Crippen LogP contribution is -2.10. The molecule has 0 amide bonds. The molecule has 0 radical (unpaired) electrons. The highest BCUT2D eigenvalue weighted by molar-refractivity contribution is 7.27. The Morgan fingerprint density at radius 1 is 0.346 bits per heavy atom. The molecule has 3 aromatic heterocycles. The van der Waals surface area contributed by atoms with Gasteiger partial charge in [-0.3, -0.25) is 0 Å². The Balaban J connectivity index is 1.11. The Bertz CT molecular complexity index is 3110. The summed E-state index contributed by atoms with van der Waals surface area (Å²) in [4.78, 5) is 2.40. The molecular formula is C48H29NO2S. The van der Waals surface area contributed by atoms with Gasteiger partial charge in [0.1, 0.15) is 22.3 Å². The predicted molar refractivity (Wildman–Crippen MR) is 219 cm³/mol. The van der Waals surface area contributed by atoms with Crippen LogP contribution in [0.5, 0.6) is 0 Å². The van der Waals surface area contributed by atoms with E-state index in [0.717, 1.165) is 66.7 Å². The fourth-order valence-electron chi connectivity index (χ4n) is 7.89. The molecule has 0 fully saturated rings. The topological polar surface area (TPSA) is 29.5 Å². The minimum atomic E-state index is 0.902. The van der Waals surface area contributed by atoms with Gasteiger partial charge >= 0.3 is 0 Å². The maximum atomic E-state index is 6.30. The summed E-state index contributed by atoms with van der Waals surface area (Å²) in [5, 5.41) is 7.10. The van der Waals surface area contributed by atoms with Crippen LogP contribution in [0.4, 0.5) is 17.1 Å². The van der Waals surface area contributed by atoms with Crippen molar-refractivity contribution in [2.45, 2.75) is 0 Å². The van der Waals surface area contributed by atoms with Crippen molar-refractivity contribution in [2.75, 3.05) is 4.90 Å². The van der Waals surface area contributed by atoms with E-state index < -0.39 is 0 Å². The first-order valence-corrected chi connectivity index (χ1v) is 18.3. The summed E-state index contributed by atoms with van der Waals surface area (Å²) in [5.74, 6) is 0. The summed E-state index contributed by atoms with van der Waals surface area (Å²) in [6.07, 6.45) is 0. The Kier molecular flexibility index (Phi) is 6.42. The number of fused-ring (bicyclic) bond motifs is 10. The highest BCUT2D eigenvalue weighted by Gasteiger charge is 2.21. The summed E-state index contributed by atoms with van der Waals surface area (Å²) in [5.41, 5.74) is 11.7. The molecule has 3 heterocycles. The van der Waals surface area contributed by atoms with Gasteiger partial charge in [0.2, 0.25) is 0 Å². The number of thiophene rings is 1. The average molecular weight is 684 g/mol. The number of para-hydroxylation sites is 2. The smallest absolute Gasteiger partial charge is 0.136 e. The van der Waals surface area contributed by atoms with Crippen LogP contribution in [0.3, 0.4) is 0 Å². The van der Waals surface area contributed by atoms with E-state index in [4.69, 9.17) is 8.83 Å². The Morgan fingerprint density at radius 2 is 0.885 bits per heavy atom. The van der Waals surface area contributed by atoms with Crippen molar-refractivity contribution in [1.29, 1.82) is 0 Å². The van der Waals surface area contributed by atoms with Gasteiger partial charge in [0, 0.05) is 48.4 Å². The monoisotopic (exact) mass is 683 g/mol. The van der Waals surface area contributed by atoms with Crippen LogP contribution in [-0.2, 0) is 0 Å². The second-order valence-electron chi connectivity index (χ2n) is 13.2. The number of hydrogen-bond donors (Lipinski definition) is 0. The number of anilines is 3. The first-order chi connectivity index (χ1) is 25.8. The summed E-state index contributed by atoms with van der Waals surface area (Å²) >= 11 is 1.85. The van der Waals surface area contributed by atoms with Crippen LogP contribution in [0, 0.1) is 0 Å². The number of nitrogens with zero attached hydrogens (tertiary/aromatic N) is 1. The Labute approximate surface area is 303 Å². The van der Waals surface area contributed by atoms with E-state index in [2.05, 4.69) is 163 Å². The van der Waals surface area contributed by atoms with E-state index in [1.54, 1.807) is 0 Å². The maximum absolute atomic E-state index is 6.30. The lowest BCUT2D eigenvalue weighted by Gasteiger charge is -2.26. The van der Waals surface area contributed by atoms with Gasteiger partial charge in [0.25, 0.3) is 0 Å². The first kappa shape index (κ1) is 29.1. The number of benzene rings is 8. The second kappa shape index (κ2) is 11.5. The van der Waals surface area contributed by atoms with Crippen molar-refractivity contribution in [3.63, 3.8) is 0 Å². The van der Waals surface area contributed by atoms with E-state index in [0.29, 0.717) is 0 Å². The van der Waals surface area contributed by atoms with Crippen molar-refractivity contribution in [3.8, 4) is 22.3 Å². The Morgan fingerprint density at radius 3 is 1.62 bits per heavy atom. The van der Waals surface area contributed by atoms with Gasteiger partial charge in [0.05, 0.1) is 10.4 Å². The molecule has 0 aliphatic heterocycles. The fourth-order valence-corrected chi connectivity index (χ4v) is 9.25. The molecule has 4 heteroatoms. The van der Waals surface area contributed by atoms with Crippen LogP contribution in [0.25, 0.3) is 86.3 Å². The summed E-state index contributed by atoms with van der Waals surface area (Å²) < 4.78 is 15.0. The molecular weight excluding hydrogens is 655 g/mol. The van der Waals surface area contributed by atoms with Crippen LogP contribution in [0.1, 0.15) is 0 Å². The summed E-state index contributed by atoms with van der Waals surface area (Å²) in [7, 11) is 0. The standard InChI is InChI=1S/C48H29NO2S/c1-2-10-30(11-3-1)31-20-24-33(25-21-31)49(34-26-22-32(23-27-34)35-14-9-19-43-45(35)38-12-4-6-17-41(38)50-43)40-16-8-15-36-37-28-29-44-46(48(37)52-47(36)40)39-13-5-7-18-42(39)51-44/h1-29H. The molecule has 8 aromatic carbocycles. The average Bonchev–Trinajstić information content (AvgIpc) is 3.90. The molecule has 11 aromatic rings. The molecule has 0 aliphatic rings. The highest BCUT2D eigenvalue weighted by atomic mass is 32.1. The van der Waals surface area contributed by atoms with Gasteiger partial charge in [-0.25, -0.2) is 0 Å². The molecule has 0 atom stereocenters. The molecule has 52 heavy (non-hydrogen) atoms. The number of furan rings is 2. The molecule has 0 saturated carbocycles. The first-order valence-electron chi connectivity index (χ1n) is 17.5. The lowest BCUT2D eigenvalue weighted by molar-refractivity contribution is 0.668. The fraction of sp³-hybridized carbons (Fsp3) is 0. The van der Waals surface area contributed by atoms with Crippen molar-refractivity contribution in [3.05, 3.63) is 176 Å². The number of hydrogen-bond acceptors (Lipinski definition) is 4. The van der Waals surface area contributed by atoms with Gasteiger partial charge in [-0.2, -0.15) is 0 Å². The van der Waals surface area contributed by atoms with E-state index in [-0.39, 0.29) is 0 Å². The van der Waals surface area contributed by atoms with Crippen LogP contribution in [0.2, 0.25) is 0 Å². The zero-order valence-electron chi connectivity index (χ0n) is 27.9. The van der Waals surface area contributed by atoms with Gasteiger partial charge in [-0.05, 0) is 82.9 Å². The van der Waals surface area contributed by atoms with E-state index in [9.17, 15) is 0 Å². The predicted octanol–water partition coefficient (Wildman–Crippen LogP) is 14.7. The molecule has 0 aliphatic carbocycles. The van der Waals surface area contributed by atoms with Crippen LogP contribution in [-0.4, -0.2) is 0 Å². The van der Waals surface area contributed by atoms with Crippen molar-refractivity contribution >= 4 is 92.4 Å². The highest BCUT2D eigenvalue weighted by Crippen LogP contribution is 2.48. The van der Waals surface area contributed by atoms with Crippen molar-refractivity contribution in [1.82, 2.24) is 0 Å². The minimum Gasteiger partial charge on any atom is -0.456 e. The van der Waals surface area contributed by atoms with Gasteiger partial charge in [-0.15, -0.1) is 11.3 Å². The lowest BCUT2D eigenvalue weighted by atomic mass is 9.99. The van der Waals surface area contributed by atoms with E-state index in [1.165, 1.54) is 36.7 Å². The zero-order chi connectivity index (χ0) is 34.2. The molecule has 0 saturated heterocycles. The normalized spacial score (nSPS) is 11.8. The third-order valence-electron chi connectivity index (χ3n) is 10.3. The third kappa shape index (κ3) is 4.45. The molecule has 244 valence electrons. The molecule has 11 rings (SSSR count). The molecule has 0 spiro atoms. The van der Waals surface area contributed by atoms with E-state index in [1.807, 2.05) is 29.5 Å². The quantitative estimate of drug-likeness (QED) is 0.181. The van der Waals surface area contributed by atoms with Crippen molar-refractivity contribution in [2.24, 2.45) is 0 Å². The minimum absolute atomic E-state index is 0.902. The molecule has 3 nitrogen and oxygen atoms in total. The second-order valence-corrected chi connectivity index (χ2v) is 14.3. The SMILES string of the molecule is c1ccc(-c2ccc(N(c3ccc(-c4cccc5oc6ccccc6c45)cc3)c3cccc4c3sc3c4ccc4oc5ccccc5c43)cc2)cc1. The number of rotatable bonds is 5. The van der Waals surface area contributed by atoms with E-state index >= 15 is 0 Å². The third-order valence-corrected chi connectivity index (χ3v) is 11.6. The molecule has 0 unspecified atom stereocenters. The Hall–Kier alpha value is -6.62. The van der Waals surface area contributed by atoms with Gasteiger partial charge < -0.3 is 13.7 Å². The summed E-state index contributed by atoms with van der Waals surface area (Å²) in [6.45, 7) is 0. The molecule has 0 N–H and O–H groups in total. The zero-order valence-corrected chi connectivity index (χ0v) is 28.7.